The van der Waals surface area contributed by atoms with Gasteiger partial charge >= 0.3 is 39.5 Å². The molecule has 0 aliphatic carbocycles. The first-order chi connectivity index (χ1) is 50.7. The van der Waals surface area contributed by atoms with E-state index in [2.05, 4.69) is 107 Å². The lowest BCUT2D eigenvalue weighted by Crippen LogP contribution is -2.30. The van der Waals surface area contributed by atoms with E-state index in [0.29, 0.717) is 32.1 Å². The summed E-state index contributed by atoms with van der Waals surface area (Å²) >= 11 is 0. The average Bonchev–Trinajstić information content (AvgIpc) is 0.943. The SMILES string of the molecule is CCCCC/C=C\C/C=C\C/C=C\C/C=C\C/C=C\CCC(=O)O[C@H](COC(=O)CCCCCCC/C=C\CCCCCCCC)COP(=O)(O)OC[C@@H](O)COP(=O)(O)OC[C@@H](COC(=O)CCCCCCCCC/C=C\CCCCCC)OC(=O)CCCCCCCCC/C=C\CCCCCC. The Morgan fingerprint density at radius 2 is 0.490 bits per heavy atom. The number of phosphoric ester groups is 2. The molecular weight excluding hydrogens is 1350 g/mol. The van der Waals surface area contributed by atoms with E-state index in [0.717, 1.165) is 154 Å². The molecule has 602 valence electrons. The van der Waals surface area contributed by atoms with Crippen LogP contribution >= 0.6 is 15.6 Å². The average molecular weight is 1510 g/mol. The van der Waals surface area contributed by atoms with Crippen LogP contribution in [0.4, 0.5) is 0 Å². The molecule has 2 unspecified atom stereocenters. The van der Waals surface area contributed by atoms with Crippen molar-refractivity contribution in [1.29, 1.82) is 0 Å². The molecule has 0 aromatic rings. The molecule has 17 nitrogen and oxygen atoms in total. The van der Waals surface area contributed by atoms with Crippen molar-refractivity contribution >= 4 is 39.5 Å². The highest BCUT2D eigenvalue weighted by molar-refractivity contribution is 7.47. The van der Waals surface area contributed by atoms with Crippen LogP contribution in [0.25, 0.3) is 0 Å². The molecule has 0 bridgehead atoms. The molecule has 5 atom stereocenters. The number of hydrogen-bond acceptors (Lipinski definition) is 15. The summed E-state index contributed by atoms with van der Waals surface area (Å²) in [4.78, 5) is 73.1. The second-order valence-corrected chi connectivity index (χ2v) is 30.6. The van der Waals surface area contributed by atoms with Gasteiger partial charge in [-0.3, -0.25) is 37.3 Å². The van der Waals surface area contributed by atoms with Crippen LogP contribution in [0.15, 0.2) is 97.2 Å². The lowest BCUT2D eigenvalue weighted by atomic mass is 10.1. The van der Waals surface area contributed by atoms with E-state index < -0.39 is 97.5 Å². The monoisotopic (exact) mass is 1510 g/mol. The van der Waals surface area contributed by atoms with E-state index in [9.17, 15) is 43.2 Å². The fourth-order valence-electron chi connectivity index (χ4n) is 11.1. The molecular formula is C85H150O17P2. The Hall–Kier alpha value is -4.02. The second kappa shape index (κ2) is 77.1. The van der Waals surface area contributed by atoms with Gasteiger partial charge in [-0.15, -0.1) is 0 Å². The van der Waals surface area contributed by atoms with Crippen molar-refractivity contribution in [3.8, 4) is 0 Å². The van der Waals surface area contributed by atoms with Gasteiger partial charge in [0.15, 0.2) is 12.2 Å². The maximum atomic E-state index is 13.1. The van der Waals surface area contributed by atoms with Gasteiger partial charge in [-0.05, 0) is 141 Å². The van der Waals surface area contributed by atoms with Gasteiger partial charge in [-0.2, -0.15) is 0 Å². The lowest BCUT2D eigenvalue weighted by Gasteiger charge is -2.21. The third kappa shape index (κ3) is 76.2. The van der Waals surface area contributed by atoms with Crippen LogP contribution in [0, 0.1) is 0 Å². The summed E-state index contributed by atoms with van der Waals surface area (Å²) in [5.74, 6) is -2.27. The van der Waals surface area contributed by atoms with Gasteiger partial charge in [0.2, 0.25) is 0 Å². The topological polar surface area (TPSA) is 237 Å². The lowest BCUT2D eigenvalue weighted by molar-refractivity contribution is -0.161. The van der Waals surface area contributed by atoms with E-state index in [1.807, 2.05) is 18.2 Å². The molecule has 104 heavy (non-hydrogen) atoms. The highest BCUT2D eigenvalue weighted by Crippen LogP contribution is 2.45. The van der Waals surface area contributed by atoms with Crippen molar-refractivity contribution < 1.29 is 80.2 Å². The van der Waals surface area contributed by atoms with Crippen molar-refractivity contribution in [3.05, 3.63) is 97.2 Å². The third-order valence-electron chi connectivity index (χ3n) is 17.5. The number of phosphoric acid groups is 2. The number of rotatable bonds is 78. The first-order valence-electron chi connectivity index (χ1n) is 41.5. The van der Waals surface area contributed by atoms with Gasteiger partial charge in [0.25, 0.3) is 0 Å². The third-order valence-corrected chi connectivity index (χ3v) is 19.4. The number of aliphatic hydroxyl groups excluding tert-OH is 1. The molecule has 0 heterocycles. The van der Waals surface area contributed by atoms with Gasteiger partial charge in [-0.25, -0.2) is 9.13 Å². The first kappa shape index (κ1) is 100.0. The van der Waals surface area contributed by atoms with Crippen LogP contribution in [-0.4, -0.2) is 96.7 Å². The summed E-state index contributed by atoms with van der Waals surface area (Å²) in [7, 11) is -9.98. The van der Waals surface area contributed by atoms with E-state index in [1.165, 1.54) is 122 Å². The molecule has 0 aliphatic rings. The van der Waals surface area contributed by atoms with Gasteiger partial charge < -0.3 is 33.8 Å². The number of unbranched alkanes of at least 4 members (excludes halogenated alkanes) is 36. The Bertz CT molecular complexity index is 2350. The highest BCUT2D eigenvalue weighted by atomic mass is 31.2. The number of carbonyl (C=O) groups excluding carboxylic acids is 4. The Balaban J connectivity index is 5.43. The number of allylic oxidation sites excluding steroid dienone is 16. The Kier molecular flexibility index (Phi) is 74.2. The summed E-state index contributed by atoms with van der Waals surface area (Å²) in [5, 5.41) is 10.6. The number of aliphatic hydroxyl groups is 1. The van der Waals surface area contributed by atoms with E-state index in [-0.39, 0.29) is 25.7 Å². The smallest absolute Gasteiger partial charge is 0.462 e. The largest absolute Gasteiger partial charge is 0.472 e. The van der Waals surface area contributed by atoms with Crippen LogP contribution in [0.1, 0.15) is 362 Å². The Morgan fingerprint density at radius 1 is 0.269 bits per heavy atom. The fourth-order valence-corrected chi connectivity index (χ4v) is 12.7. The minimum atomic E-state index is -5.00. The molecule has 0 rings (SSSR count). The first-order valence-corrected chi connectivity index (χ1v) is 44.5. The molecule has 0 aromatic heterocycles. The van der Waals surface area contributed by atoms with Crippen LogP contribution in [0.5, 0.6) is 0 Å². The molecule has 0 fully saturated rings. The molecule has 0 saturated heterocycles. The maximum absolute atomic E-state index is 13.1. The number of hydrogen-bond donors (Lipinski definition) is 3. The summed E-state index contributed by atoms with van der Waals surface area (Å²) < 4.78 is 68.6. The van der Waals surface area contributed by atoms with Crippen molar-refractivity contribution in [2.75, 3.05) is 39.6 Å². The molecule has 0 aromatic carbocycles. The highest BCUT2D eigenvalue weighted by Gasteiger charge is 2.30. The number of carbonyl (C=O) groups is 4. The van der Waals surface area contributed by atoms with E-state index >= 15 is 0 Å². The molecule has 19 heteroatoms. The molecule has 0 spiro atoms. The fraction of sp³-hybridized carbons (Fsp3) is 0.765. The summed E-state index contributed by atoms with van der Waals surface area (Å²) in [6.45, 7) is 4.77. The van der Waals surface area contributed by atoms with Gasteiger partial charge in [0.05, 0.1) is 26.4 Å². The molecule has 3 N–H and O–H groups in total. The molecule has 0 aliphatic heterocycles. The standard InChI is InChI=1S/C85H150O17P2/c1-5-9-13-17-21-25-29-33-37-38-39-40-44-48-52-56-60-64-68-72-85(90)102-81(76-96-83(88)70-66-62-58-54-50-46-42-35-31-27-23-19-15-11-7-3)78-100-104(93,94)98-74-79(86)73-97-103(91,92)99-77-80(101-84(89)71-67-63-59-55-51-47-43-36-32-28-24-20-16-12-8-4)75-95-82(87)69-65-61-57-53-49-45-41-34-30-26-22-18-14-10-6-2/h21,25-26,28,30,32-33,35,37,39-40,42,48,52,60,64,79-81,86H,5-20,22-24,27,29,31,34,36,38,41,43-47,49-51,53-59,61-63,65-78H2,1-4H3,(H,91,92)(H,93,94)/b25-21-,30-26-,32-28-,37-33-,40-39-,42-35-,52-48-,64-60-/t79-,80+,81+/m0/s1. The van der Waals surface area contributed by atoms with Crippen molar-refractivity contribution in [3.63, 3.8) is 0 Å². The van der Waals surface area contributed by atoms with Crippen molar-refractivity contribution in [2.45, 2.75) is 380 Å². The van der Waals surface area contributed by atoms with Gasteiger partial charge in [-0.1, -0.05) is 292 Å². The minimum Gasteiger partial charge on any atom is -0.462 e. The zero-order chi connectivity index (χ0) is 76.0. The summed E-state index contributed by atoms with van der Waals surface area (Å²) in [6.07, 6.45) is 82.4. The normalized spacial score (nSPS) is 14.3. The predicted molar refractivity (Wildman–Crippen MR) is 427 cm³/mol. The number of ether oxygens (including phenoxy) is 4. The summed E-state index contributed by atoms with van der Waals surface area (Å²) in [6, 6.07) is 0. The van der Waals surface area contributed by atoms with Crippen LogP contribution in [0.3, 0.4) is 0 Å². The van der Waals surface area contributed by atoms with Crippen molar-refractivity contribution in [1.82, 2.24) is 0 Å². The second-order valence-electron chi connectivity index (χ2n) is 27.7. The Labute approximate surface area is 633 Å². The van der Waals surface area contributed by atoms with Crippen LogP contribution in [0.2, 0.25) is 0 Å². The zero-order valence-corrected chi connectivity index (χ0v) is 67.7. The van der Waals surface area contributed by atoms with E-state index in [4.69, 9.17) is 37.0 Å². The predicted octanol–water partition coefficient (Wildman–Crippen LogP) is 24.3. The Morgan fingerprint density at radius 3 is 0.817 bits per heavy atom. The minimum absolute atomic E-state index is 0.0293. The summed E-state index contributed by atoms with van der Waals surface area (Å²) in [5.41, 5.74) is 0. The number of esters is 4. The van der Waals surface area contributed by atoms with Crippen LogP contribution in [-0.2, 0) is 65.4 Å². The van der Waals surface area contributed by atoms with Crippen LogP contribution < -0.4 is 0 Å². The molecule has 0 amide bonds. The maximum Gasteiger partial charge on any atom is 0.472 e. The quantitative estimate of drug-likeness (QED) is 0.0169. The van der Waals surface area contributed by atoms with Crippen molar-refractivity contribution in [2.24, 2.45) is 0 Å². The van der Waals surface area contributed by atoms with E-state index in [1.54, 1.807) is 0 Å². The van der Waals surface area contributed by atoms with Gasteiger partial charge in [0, 0.05) is 25.7 Å². The molecule has 0 radical (unpaired) electrons. The molecule has 0 saturated carbocycles. The zero-order valence-electron chi connectivity index (χ0n) is 65.9. The van der Waals surface area contributed by atoms with Gasteiger partial charge in [0.1, 0.15) is 19.3 Å².